The smallest absolute Gasteiger partial charge is 0.243 e. The molecule has 5 nitrogen and oxygen atoms in total. The summed E-state index contributed by atoms with van der Waals surface area (Å²) in [7, 11) is 2.00. The molecule has 1 atom stereocenters. The molecule has 2 rings (SSSR count). The number of nitrogens with one attached hydrogen (secondary N) is 1. The number of hydrogen-bond acceptors (Lipinski definition) is 2. The van der Waals surface area contributed by atoms with Gasteiger partial charge in [-0.15, -0.1) is 0 Å². The van der Waals surface area contributed by atoms with Gasteiger partial charge in [-0.1, -0.05) is 24.3 Å². The van der Waals surface area contributed by atoms with E-state index in [1.807, 2.05) is 42.5 Å². The Kier molecular flexibility index (Phi) is 4.53. The van der Waals surface area contributed by atoms with E-state index < -0.39 is 6.04 Å². The second-order valence-corrected chi connectivity index (χ2v) is 5.07. The van der Waals surface area contributed by atoms with Crippen molar-refractivity contribution in [2.75, 3.05) is 0 Å². The predicted octanol–water partition coefficient (Wildman–Crippen LogP) is 0.324. The number of nitrogens with two attached hydrogens (primary N) is 1. The highest BCUT2D eigenvalue weighted by molar-refractivity contribution is 5.80. The van der Waals surface area contributed by atoms with Crippen LogP contribution in [0, 0.1) is 0 Å². The van der Waals surface area contributed by atoms with Gasteiger partial charge in [0.05, 0.1) is 13.1 Å². The molecule has 0 aliphatic carbocycles. The van der Waals surface area contributed by atoms with Gasteiger partial charge in [-0.05, 0) is 18.1 Å². The topological polar surface area (TPSA) is 63.9 Å². The van der Waals surface area contributed by atoms with Crippen molar-refractivity contribution < 1.29 is 9.36 Å². The molecule has 3 N–H and O–H groups in total. The molecule has 0 fully saturated rings. The Morgan fingerprint density at radius 2 is 2.00 bits per heavy atom. The molecule has 0 saturated carbocycles. The number of carbonyl (C=O) groups excluding carboxylic acids is 1. The van der Waals surface area contributed by atoms with E-state index in [0.717, 1.165) is 12.1 Å². The second-order valence-electron chi connectivity index (χ2n) is 5.07. The van der Waals surface area contributed by atoms with Gasteiger partial charge in [0, 0.05) is 6.54 Å². The van der Waals surface area contributed by atoms with Crippen LogP contribution in [0.4, 0.5) is 0 Å². The third kappa shape index (κ3) is 3.93. The number of amides is 1. The molecular formula is C15H21N4O+. The molecule has 1 aromatic carbocycles. The molecule has 0 unspecified atom stereocenters. The van der Waals surface area contributed by atoms with E-state index in [1.54, 1.807) is 6.92 Å². The Bertz CT molecular complexity index is 572. The zero-order valence-corrected chi connectivity index (χ0v) is 11.9. The van der Waals surface area contributed by atoms with Crippen LogP contribution < -0.4 is 15.6 Å². The van der Waals surface area contributed by atoms with Gasteiger partial charge >= 0.3 is 0 Å². The Morgan fingerprint density at radius 3 is 2.55 bits per heavy atom. The molecule has 0 aliphatic rings. The minimum absolute atomic E-state index is 0.131. The van der Waals surface area contributed by atoms with Crippen molar-refractivity contribution in [2.45, 2.75) is 26.1 Å². The number of rotatable bonds is 5. The van der Waals surface area contributed by atoms with Crippen LogP contribution in [0.15, 0.2) is 43.0 Å². The van der Waals surface area contributed by atoms with Crippen molar-refractivity contribution in [1.29, 1.82) is 0 Å². The summed E-state index contributed by atoms with van der Waals surface area (Å²) < 4.78 is 4.13. The molecule has 0 bridgehead atoms. The lowest BCUT2D eigenvalue weighted by Gasteiger charge is -2.08. The van der Waals surface area contributed by atoms with E-state index >= 15 is 0 Å². The summed E-state index contributed by atoms with van der Waals surface area (Å²) >= 11 is 0. The number of nitrogens with zero attached hydrogens (tertiary/aromatic N) is 2. The minimum atomic E-state index is -0.469. The zero-order chi connectivity index (χ0) is 14.5. The first-order valence-corrected chi connectivity index (χ1v) is 6.67. The van der Waals surface area contributed by atoms with Crippen molar-refractivity contribution in [3.63, 3.8) is 0 Å². The average molecular weight is 273 g/mol. The van der Waals surface area contributed by atoms with Crippen LogP contribution in [0.2, 0.25) is 0 Å². The average Bonchev–Trinajstić information content (AvgIpc) is 2.83. The van der Waals surface area contributed by atoms with E-state index in [0.29, 0.717) is 6.54 Å². The molecule has 0 aliphatic heterocycles. The Hall–Kier alpha value is -2.14. The first-order valence-electron chi connectivity index (χ1n) is 6.67. The third-order valence-corrected chi connectivity index (χ3v) is 3.09. The summed E-state index contributed by atoms with van der Waals surface area (Å²) in [6.45, 7) is 3.03. The van der Waals surface area contributed by atoms with Crippen LogP contribution in [0.3, 0.4) is 0 Å². The summed E-state index contributed by atoms with van der Waals surface area (Å²) in [5.74, 6) is -0.131. The minimum Gasteiger partial charge on any atom is -0.351 e. The van der Waals surface area contributed by atoms with Gasteiger partial charge in [-0.3, -0.25) is 4.79 Å². The molecule has 0 spiro atoms. The number of aryl methyl sites for hydroxylation is 1. The van der Waals surface area contributed by atoms with Gasteiger partial charge in [-0.2, -0.15) is 0 Å². The fourth-order valence-corrected chi connectivity index (χ4v) is 1.92. The number of imidazole rings is 1. The van der Waals surface area contributed by atoms with E-state index in [2.05, 4.69) is 22.0 Å². The molecule has 0 saturated heterocycles. The molecule has 5 heteroatoms. The van der Waals surface area contributed by atoms with Crippen LogP contribution in [0.25, 0.3) is 0 Å². The molecule has 2 aromatic rings. The number of hydrogen-bond donors (Lipinski definition) is 2. The highest BCUT2D eigenvalue weighted by Crippen LogP contribution is 2.06. The molecule has 106 valence electrons. The summed E-state index contributed by atoms with van der Waals surface area (Å²) in [6.07, 6.45) is 6.09. The maximum Gasteiger partial charge on any atom is 0.243 e. The molecule has 0 radical (unpaired) electrons. The quantitative estimate of drug-likeness (QED) is 0.771. The standard InChI is InChI=1S/C15H20N4O/c1-12(16)15(20)17-9-13-3-5-14(6-4-13)10-19-8-7-18(2)11-19/h3-8,11-12H,9-10,16H2,1-2H3/p+1/t12-/m0/s1. The van der Waals surface area contributed by atoms with Crippen molar-refractivity contribution >= 4 is 5.91 Å². The van der Waals surface area contributed by atoms with Gasteiger partial charge in [0.2, 0.25) is 12.2 Å². The summed E-state index contributed by atoms with van der Waals surface area (Å²) in [5, 5.41) is 2.80. The third-order valence-electron chi connectivity index (χ3n) is 3.09. The van der Waals surface area contributed by atoms with Crippen molar-refractivity contribution in [2.24, 2.45) is 12.8 Å². The molecule has 20 heavy (non-hydrogen) atoms. The van der Waals surface area contributed by atoms with Crippen LogP contribution >= 0.6 is 0 Å². The molecule has 1 heterocycles. The maximum absolute atomic E-state index is 11.4. The van der Waals surface area contributed by atoms with Crippen LogP contribution in [0.1, 0.15) is 18.1 Å². The lowest BCUT2D eigenvalue weighted by atomic mass is 10.1. The number of carbonyl (C=O) groups is 1. The monoisotopic (exact) mass is 273 g/mol. The normalized spacial score (nSPS) is 12.2. The highest BCUT2D eigenvalue weighted by Gasteiger charge is 2.06. The number of aromatic nitrogens is 2. The molecular weight excluding hydrogens is 252 g/mol. The lowest BCUT2D eigenvalue weighted by molar-refractivity contribution is -0.671. The first-order chi connectivity index (χ1) is 9.54. The first kappa shape index (κ1) is 14.3. The second kappa shape index (κ2) is 6.34. The van der Waals surface area contributed by atoms with Gasteiger partial charge in [0.25, 0.3) is 0 Å². The molecule has 1 aromatic heterocycles. The fourth-order valence-electron chi connectivity index (χ4n) is 1.92. The Labute approximate surface area is 119 Å². The lowest BCUT2D eigenvalue weighted by Crippen LogP contribution is -2.37. The largest absolute Gasteiger partial charge is 0.351 e. The van der Waals surface area contributed by atoms with Crippen molar-refractivity contribution in [3.8, 4) is 0 Å². The highest BCUT2D eigenvalue weighted by atomic mass is 16.2. The van der Waals surface area contributed by atoms with Gasteiger partial charge in [0.15, 0.2) is 0 Å². The van der Waals surface area contributed by atoms with Crippen molar-refractivity contribution in [1.82, 2.24) is 9.88 Å². The van der Waals surface area contributed by atoms with E-state index in [9.17, 15) is 4.79 Å². The van der Waals surface area contributed by atoms with E-state index in [-0.39, 0.29) is 5.91 Å². The van der Waals surface area contributed by atoms with Crippen LogP contribution in [0.5, 0.6) is 0 Å². The van der Waals surface area contributed by atoms with Gasteiger partial charge in [0.1, 0.15) is 18.9 Å². The maximum atomic E-state index is 11.4. The number of benzene rings is 1. The van der Waals surface area contributed by atoms with Gasteiger partial charge in [-0.25, -0.2) is 9.13 Å². The van der Waals surface area contributed by atoms with Gasteiger partial charge < -0.3 is 11.1 Å². The fraction of sp³-hybridized carbons (Fsp3) is 0.333. The Morgan fingerprint density at radius 1 is 1.35 bits per heavy atom. The zero-order valence-electron chi connectivity index (χ0n) is 11.9. The van der Waals surface area contributed by atoms with Crippen LogP contribution in [-0.4, -0.2) is 16.5 Å². The van der Waals surface area contributed by atoms with E-state index in [1.165, 1.54) is 5.56 Å². The predicted molar refractivity (Wildman–Crippen MR) is 76.6 cm³/mol. The Balaban J connectivity index is 1.91. The van der Waals surface area contributed by atoms with Crippen LogP contribution in [-0.2, 0) is 24.9 Å². The van der Waals surface area contributed by atoms with Crippen molar-refractivity contribution in [3.05, 3.63) is 54.1 Å². The van der Waals surface area contributed by atoms with E-state index in [4.69, 9.17) is 5.73 Å². The summed E-state index contributed by atoms with van der Waals surface area (Å²) in [5.41, 5.74) is 7.79. The molecule has 1 amide bonds. The summed E-state index contributed by atoms with van der Waals surface area (Å²) in [6, 6.07) is 7.74. The summed E-state index contributed by atoms with van der Waals surface area (Å²) in [4.78, 5) is 11.4. The SMILES string of the molecule is C[C@H](N)C(=O)NCc1ccc(Cn2cc[n+](C)c2)cc1.